The summed E-state index contributed by atoms with van der Waals surface area (Å²) in [5, 5.41) is 11.1. The molecule has 1 aliphatic heterocycles. The summed E-state index contributed by atoms with van der Waals surface area (Å²) >= 11 is 1.89. The van der Waals surface area contributed by atoms with Crippen molar-refractivity contribution >= 4 is 17.3 Å². The van der Waals surface area contributed by atoms with Gasteiger partial charge in [0.1, 0.15) is 11.9 Å². The number of nitrogens with zero attached hydrogens (tertiary/aromatic N) is 3. The Labute approximate surface area is 248 Å². The van der Waals surface area contributed by atoms with Gasteiger partial charge in [-0.15, -0.1) is 11.3 Å². The number of carboxylic acids is 1. The Bertz CT molecular complexity index is 1300. The largest absolute Gasteiger partial charge is 0.480 e. The molecule has 1 saturated heterocycles. The van der Waals surface area contributed by atoms with Crippen LogP contribution in [0.25, 0.3) is 0 Å². The van der Waals surface area contributed by atoms with Gasteiger partial charge in [0.25, 0.3) is 0 Å². The Kier molecular flexibility index (Phi) is 9.57. The number of likely N-dealkylation sites (N-methyl/N-ethyl adjacent to an activating group) is 1. The molecule has 2 heterocycles. The number of halogens is 1. The average Bonchev–Trinajstić information content (AvgIpc) is 3.52. The van der Waals surface area contributed by atoms with E-state index in [0.29, 0.717) is 11.8 Å². The number of likely N-dealkylation sites (tertiary alicyclic amines) is 1. The van der Waals surface area contributed by atoms with E-state index < -0.39 is 12.0 Å². The lowest BCUT2D eigenvalue weighted by Crippen LogP contribution is -2.47. The maximum absolute atomic E-state index is 14.3. The molecule has 2 aliphatic rings. The standard InChI is InChI=1S/C34H44FN3O2S/c1-22(2)32(34(39)40)37(4)29-19-27(30(20-29)26-11-8-12-28(35)18-26)21-38-15-13-25(14-16-38)33-23(3)36-31(41-33)17-24-9-6-5-7-10-24/h5-12,18,22,25,27,29-30,32H,13-17,19-21H2,1-4H3,(H,39,40)/t27-,29+,30-,32-/m1/s1. The molecular formula is C34H44FN3O2S. The summed E-state index contributed by atoms with van der Waals surface area (Å²) in [6, 6.07) is 17.3. The zero-order chi connectivity index (χ0) is 29.1. The summed E-state index contributed by atoms with van der Waals surface area (Å²) in [4.78, 5) is 23.1. The average molecular weight is 578 g/mol. The fourth-order valence-corrected chi connectivity index (χ4v) is 8.60. The predicted molar refractivity (Wildman–Crippen MR) is 164 cm³/mol. The molecule has 1 aromatic heterocycles. The number of aromatic nitrogens is 1. The van der Waals surface area contributed by atoms with Crippen molar-refractivity contribution in [2.24, 2.45) is 11.8 Å². The number of aliphatic carboxylic acids is 1. The molecule has 5 nitrogen and oxygen atoms in total. The molecule has 4 atom stereocenters. The molecule has 0 unspecified atom stereocenters. The fourth-order valence-electron chi connectivity index (χ4n) is 7.33. The van der Waals surface area contributed by atoms with Gasteiger partial charge in [0, 0.05) is 23.9 Å². The van der Waals surface area contributed by atoms with Crippen molar-refractivity contribution in [1.29, 1.82) is 0 Å². The summed E-state index contributed by atoms with van der Waals surface area (Å²) < 4.78 is 14.3. The van der Waals surface area contributed by atoms with Crippen LogP contribution in [-0.2, 0) is 11.2 Å². The van der Waals surface area contributed by atoms with Gasteiger partial charge in [-0.1, -0.05) is 56.3 Å². The number of benzene rings is 2. The highest BCUT2D eigenvalue weighted by molar-refractivity contribution is 7.11. The number of hydrogen-bond acceptors (Lipinski definition) is 5. The molecule has 3 aromatic rings. The normalized spacial score (nSPS) is 23.0. The first-order chi connectivity index (χ1) is 19.7. The van der Waals surface area contributed by atoms with Crippen LogP contribution in [0.4, 0.5) is 4.39 Å². The highest BCUT2D eigenvalue weighted by Crippen LogP contribution is 2.44. The van der Waals surface area contributed by atoms with Crippen LogP contribution in [0.2, 0.25) is 0 Å². The van der Waals surface area contributed by atoms with Crippen molar-refractivity contribution in [3.63, 3.8) is 0 Å². The lowest BCUT2D eigenvalue weighted by molar-refractivity contribution is -0.145. The molecule has 2 aromatic carbocycles. The Balaban J connectivity index is 1.25. The molecule has 1 aliphatic carbocycles. The zero-order valence-corrected chi connectivity index (χ0v) is 25.6. The molecule has 0 amide bonds. The van der Waals surface area contributed by atoms with Crippen LogP contribution >= 0.6 is 11.3 Å². The third-order valence-corrected chi connectivity index (χ3v) is 10.7. The second-order valence-corrected chi connectivity index (χ2v) is 13.6. The minimum Gasteiger partial charge on any atom is -0.480 e. The summed E-state index contributed by atoms with van der Waals surface area (Å²) in [7, 11) is 1.96. The molecule has 0 spiro atoms. The molecular weight excluding hydrogens is 533 g/mol. The van der Waals surface area contributed by atoms with Crippen molar-refractivity contribution in [3.05, 3.63) is 87.1 Å². The van der Waals surface area contributed by atoms with Crippen LogP contribution in [0.5, 0.6) is 0 Å². The molecule has 220 valence electrons. The summed E-state index contributed by atoms with van der Waals surface area (Å²) in [6.07, 6.45) is 4.95. The molecule has 2 fully saturated rings. The van der Waals surface area contributed by atoms with Crippen LogP contribution in [0.15, 0.2) is 54.6 Å². The van der Waals surface area contributed by atoms with E-state index in [1.807, 2.05) is 44.4 Å². The Morgan fingerprint density at radius 3 is 2.51 bits per heavy atom. The minimum absolute atomic E-state index is 0.0200. The highest BCUT2D eigenvalue weighted by Gasteiger charge is 2.42. The van der Waals surface area contributed by atoms with Gasteiger partial charge in [0.05, 0.1) is 10.7 Å². The van der Waals surface area contributed by atoms with E-state index in [-0.39, 0.29) is 23.7 Å². The lowest BCUT2D eigenvalue weighted by atomic mass is 9.87. The highest BCUT2D eigenvalue weighted by atomic mass is 32.1. The van der Waals surface area contributed by atoms with Gasteiger partial charge in [-0.25, -0.2) is 9.37 Å². The molecule has 1 saturated carbocycles. The lowest BCUT2D eigenvalue weighted by Gasteiger charge is -2.35. The van der Waals surface area contributed by atoms with E-state index in [4.69, 9.17) is 4.98 Å². The van der Waals surface area contributed by atoms with Gasteiger partial charge in [-0.3, -0.25) is 9.69 Å². The third-order valence-electron chi connectivity index (χ3n) is 9.37. The fraction of sp³-hybridized carbons (Fsp3) is 0.529. The number of carbonyl (C=O) groups is 1. The summed E-state index contributed by atoms with van der Waals surface area (Å²) in [6.45, 7) is 9.18. The monoisotopic (exact) mass is 577 g/mol. The number of piperidine rings is 1. The maximum Gasteiger partial charge on any atom is 0.321 e. The molecule has 1 N–H and O–H groups in total. The Hall–Kier alpha value is -2.61. The Morgan fingerprint density at radius 1 is 1.12 bits per heavy atom. The number of aryl methyl sites for hydroxylation is 1. The van der Waals surface area contributed by atoms with Crippen molar-refractivity contribution in [2.75, 3.05) is 26.7 Å². The van der Waals surface area contributed by atoms with Crippen molar-refractivity contribution < 1.29 is 14.3 Å². The van der Waals surface area contributed by atoms with Crippen molar-refractivity contribution in [3.8, 4) is 0 Å². The molecule has 0 bridgehead atoms. The van der Waals surface area contributed by atoms with E-state index in [0.717, 1.165) is 57.3 Å². The SMILES string of the molecule is Cc1nc(Cc2ccccc2)sc1C1CCN(C[C@H]2C[C@H](N(C)[C@@H](C(=O)O)C(C)C)C[C@@H]2c2cccc(F)c2)CC1. The molecule has 5 rings (SSSR count). The van der Waals surface area contributed by atoms with Gasteiger partial charge in [-0.2, -0.15) is 0 Å². The van der Waals surface area contributed by atoms with Gasteiger partial charge < -0.3 is 10.0 Å². The summed E-state index contributed by atoms with van der Waals surface area (Å²) in [5.41, 5.74) is 3.54. The predicted octanol–water partition coefficient (Wildman–Crippen LogP) is 6.96. The van der Waals surface area contributed by atoms with Gasteiger partial charge in [0.2, 0.25) is 0 Å². The first-order valence-corrected chi connectivity index (χ1v) is 15.9. The van der Waals surface area contributed by atoms with Crippen molar-refractivity contribution in [2.45, 2.75) is 76.8 Å². The smallest absolute Gasteiger partial charge is 0.321 e. The molecule has 41 heavy (non-hydrogen) atoms. The summed E-state index contributed by atoms with van der Waals surface area (Å²) in [5.74, 6) is 0.201. The number of thiazole rings is 1. The van der Waals surface area contributed by atoms with E-state index in [9.17, 15) is 14.3 Å². The molecule has 0 radical (unpaired) electrons. The second kappa shape index (κ2) is 13.1. The van der Waals surface area contributed by atoms with Crippen molar-refractivity contribution in [1.82, 2.24) is 14.8 Å². The van der Waals surface area contributed by atoms with Crippen LogP contribution in [-0.4, -0.2) is 64.6 Å². The van der Waals surface area contributed by atoms with E-state index >= 15 is 0 Å². The van der Waals surface area contributed by atoms with Crippen LogP contribution in [0.1, 0.15) is 78.1 Å². The topological polar surface area (TPSA) is 56.7 Å². The van der Waals surface area contributed by atoms with E-state index in [2.05, 4.69) is 47.1 Å². The number of carboxylic acid groups (broad SMARTS) is 1. The van der Waals surface area contributed by atoms with Gasteiger partial charge >= 0.3 is 5.97 Å². The second-order valence-electron chi connectivity index (χ2n) is 12.5. The van der Waals surface area contributed by atoms with Crippen LogP contribution < -0.4 is 0 Å². The molecule has 7 heteroatoms. The number of rotatable bonds is 10. The quantitative estimate of drug-likeness (QED) is 0.282. The van der Waals surface area contributed by atoms with Crippen LogP contribution in [0.3, 0.4) is 0 Å². The minimum atomic E-state index is -0.763. The maximum atomic E-state index is 14.3. The van der Waals surface area contributed by atoms with Crippen LogP contribution in [0, 0.1) is 24.6 Å². The van der Waals surface area contributed by atoms with Gasteiger partial charge in [-0.05, 0) is 99.7 Å². The van der Waals surface area contributed by atoms with E-state index in [1.54, 1.807) is 6.07 Å². The number of hydrogen-bond donors (Lipinski definition) is 1. The zero-order valence-electron chi connectivity index (χ0n) is 24.8. The van der Waals surface area contributed by atoms with E-state index in [1.165, 1.54) is 27.2 Å². The first-order valence-electron chi connectivity index (χ1n) is 15.1. The first kappa shape index (κ1) is 29.9. The van der Waals surface area contributed by atoms with Gasteiger partial charge in [0.15, 0.2) is 0 Å². The third kappa shape index (κ3) is 7.07. The Morgan fingerprint density at radius 2 is 1.85 bits per heavy atom.